The van der Waals surface area contributed by atoms with E-state index in [-0.39, 0.29) is 248 Å². The quantitative estimate of drug-likeness (QED) is 0.0777. The van der Waals surface area contributed by atoms with Gasteiger partial charge in [-0.25, -0.2) is 27.3 Å². The van der Waals surface area contributed by atoms with Crippen molar-refractivity contribution >= 4 is 5.97 Å². The third-order valence-electron chi connectivity index (χ3n) is 18.0. The van der Waals surface area contributed by atoms with Crippen molar-refractivity contribution < 1.29 is 274 Å². The molecule has 0 aliphatic rings. The predicted molar refractivity (Wildman–Crippen MR) is 488 cm³/mol. The van der Waals surface area contributed by atoms with E-state index in [4.69, 9.17) is 5.11 Å². The number of benzene rings is 8. The number of carboxylic acid groups (broad SMARTS) is 1. The molecule has 0 aliphatic heterocycles. The molecule has 9 radical (unpaired) electrons. The van der Waals surface area contributed by atoms with Crippen LogP contribution in [-0.2, 0) is 181 Å². The molecular weight excluding hydrogens is 3590 g/mol. The van der Waals surface area contributed by atoms with Crippen molar-refractivity contribution in [2.45, 2.75) is 34.6 Å². The smallest absolute Gasteiger partial charge is 0.354 e. The molecule has 0 aliphatic carbocycles. The summed E-state index contributed by atoms with van der Waals surface area (Å²) in [6.45, 7) is 9.09. The number of carbonyl (C=O) groups is 1. The summed E-state index contributed by atoms with van der Waals surface area (Å²) in [7, 11) is 0. The molecule has 0 saturated carbocycles. The van der Waals surface area contributed by atoms with Gasteiger partial charge in [0, 0.05) is 323 Å². The zero-order chi connectivity index (χ0) is 102. The SMILES string of the molecule is Cc1cccc(-c2[c-]c(F)c(F)cc2F)n1.Cc1cccc(-c2[c-]c(F)ccc2F)n1.Cc1cccc(-c2[c-]cc(F)cc2F)n1.Cc1ccnc(-c2[c-]cc(F)cc2F)c1.Cc1ccnc(-c2[c-]cc(F)cc2F)c1.Fc1[c-]c(-c2ccccn2)c(F)cc1F.Fc1c[c-]c(-c2ccccn2)c(F)c1.Fc1ccnc(-c2[c-]cc(F)cc2F)c1.O=C(O)c1ccccn1.[Ir].[Ir].[Ir].[Ir].[Ir].[Ir].[Ir].[Ir].[Ir].[c-]1cccnc1-c1ccccn1. The van der Waals surface area contributed by atoms with Crippen LogP contribution in [0.5, 0.6) is 0 Å². The topological polar surface area (TPSA) is 179 Å². The Labute approximate surface area is 971 Å². The second-order valence-electron chi connectivity index (χ2n) is 28.6. The van der Waals surface area contributed by atoms with Gasteiger partial charge < -0.3 is 50.0 Å². The first-order chi connectivity index (χ1) is 67.6. The Bertz CT molecular complexity index is 7010. The van der Waals surface area contributed by atoms with Gasteiger partial charge in [-0.1, -0.05) is 201 Å². The van der Waals surface area contributed by atoms with Gasteiger partial charge in [0.2, 0.25) is 0 Å². The Morgan fingerprint density at radius 1 is 0.233 bits per heavy atom. The Balaban J connectivity index is 0.000000830. The van der Waals surface area contributed by atoms with Crippen LogP contribution < -0.4 is 0 Å². The van der Waals surface area contributed by atoms with Gasteiger partial charge in [-0.15, -0.1) is 84.9 Å². The molecule has 0 spiro atoms. The molecule has 0 unspecified atom stereocenters. The van der Waals surface area contributed by atoms with Gasteiger partial charge in [-0.3, -0.25) is 70.8 Å². The fourth-order valence-electron chi connectivity index (χ4n) is 11.6. The van der Waals surface area contributed by atoms with Crippen molar-refractivity contribution in [2.24, 2.45) is 0 Å². The molecule has 19 rings (SSSR count). The molecule has 0 amide bonds. The minimum absolute atomic E-state index is 0. The van der Waals surface area contributed by atoms with E-state index in [1.165, 1.54) is 36.8 Å². The van der Waals surface area contributed by atoms with Crippen LogP contribution in [0.15, 0.2) is 310 Å². The van der Waals surface area contributed by atoms with Crippen LogP contribution in [0.4, 0.5) is 83.4 Å². The molecule has 19 aromatic rings. The predicted octanol–water partition coefficient (Wildman–Crippen LogP) is 27.3. The van der Waals surface area contributed by atoms with E-state index in [9.17, 15) is 88.2 Å². The van der Waals surface area contributed by atoms with Crippen LogP contribution in [0.3, 0.4) is 0 Å². The average Bonchev–Trinajstić information content (AvgIpc) is 0.739. The fraction of sp³-hybridized carbons (Fsp3) is 0.0459. The first kappa shape index (κ1) is 136. The van der Waals surface area contributed by atoms with Crippen molar-refractivity contribution in [3.8, 4) is 101 Å². The summed E-state index contributed by atoms with van der Waals surface area (Å²) in [5.74, 6) is -16.0. The van der Waals surface area contributed by atoms with Gasteiger partial charge in [0.1, 0.15) is 11.5 Å². The van der Waals surface area contributed by atoms with Crippen molar-refractivity contribution in [3.05, 3.63) is 509 Å². The molecule has 11 heterocycles. The summed E-state index contributed by atoms with van der Waals surface area (Å²) in [5, 5.41) is 8.32. The summed E-state index contributed by atoms with van der Waals surface area (Å²) in [6, 6.07) is 82.9. The molecule has 41 heteroatoms. The van der Waals surface area contributed by atoms with Crippen molar-refractivity contribution in [1.29, 1.82) is 0 Å². The summed E-state index contributed by atoms with van der Waals surface area (Å²) < 4.78 is 246. The molecule has 8 aromatic carbocycles. The normalized spacial score (nSPS) is 9.57. The van der Waals surface area contributed by atoms with Crippen LogP contribution in [0.25, 0.3) is 101 Å². The van der Waals surface area contributed by atoms with Crippen molar-refractivity contribution in [3.63, 3.8) is 0 Å². The third kappa shape index (κ3) is 44.0. The molecule has 0 atom stereocenters. The van der Waals surface area contributed by atoms with Gasteiger partial charge in [0.25, 0.3) is 0 Å². The number of nitrogens with zero attached hydrogens (tertiary/aromatic N) is 11. The number of hydrogen-bond donors (Lipinski definition) is 1. The largest absolute Gasteiger partial charge is 0.477 e. The van der Waals surface area contributed by atoms with Crippen LogP contribution in [0.1, 0.15) is 38.7 Å². The second kappa shape index (κ2) is 69.8. The summed E-state index contributed by atoms with van der Waals surface area (Å²) in [5.41, 5.74) is 9.11. The maximum atomic E-state index is 13.4. The Morgan fingerprint density at radius 2 is 0.533 bits per heavy atom. The van der Waals surface area contributed by atoms with E-state index in [0.29, 0.717) is 52.4 Å². The van der Waals surface area contributed by atoms with Gasteiger partial charge in [-0.2, -0.15) is 12.1 Å². The number of hydrogen-bond acceptors (Lipinski definition) is 12. The number of aromatic nitrogens is 11. The molecule has 0 fully saturated rings. The minimum atomic E-state index is -1.26. The number of aryl methyl sites for hydroxylation is 5. The van der Waals surface area contributed by atoms with Crippen molar-refractivity contribution in [2.75, 3.05) is 0 Å². The number of aromatic carboxylic acids is 1. The zero-order valence-electron chi connectivity index (χ0n) is 76.9. The van der Waals surface area contributed by atoms with Crippen LogP contribution in [-0.4, -0.2) is 65.9 Å². The van der Waals surface area contributed by atoms with Gasteiger partial charge in [0.15, 0.2) is 0 Å². The van der Waals surface area contributed by atoms with E-state index in [1.54, 1.807) is 142 Å². The van der Waals surface area contributed by atoms with Gasteiger partial charge in [0.05, 0.1) is 23.3 Å². The van der Waals surface area contributed by atoms with E-state index in [1.807, 2.05) is 81.4 Å². The third-order valence-corrected chi connectivity index (χ3v) is 18.0. The zero-order valence-corrected chi connectivity index (χ0v) is 98.5. The van der Waals surface area contributed by atoms with Gasteiger partial charge >= 0.3 is 5.97 Å². The monoisotopic (exact) mass is 3660 g/mol. The molecule has 0 bridgehead atoms. The van der Waals surface area contributed by atoms with E-state index < -0.39 is 116 Å². The second-order valence-corrected chi connectivity index (χ2v) is 28.6. The molecule has 11 aromatic heterocycles. The fourth-order valence-corrected chi connectivity index (χ4v) is 11.6. The molecule has 150 heavy (non-hydrogen) atoms. The molecule has 1 N–H and O–H groups in total. The van der Waals surface area contributed by atoms with E-state index >= 15 is 0 Å². The van der Waals surface area contributed by atoms with Gasteiger partial charge in [-0.05, 0) is 171 Å². The number of halogens is 19. The van der Waals surface area contributed by atoms with E-state index in [0.717, 1.165) is 113 Å². The van der Waals surface area contributed by atoms with Crippen LogP contribution >= 0.6 is 0 Å². The Hall–Kier alpha value is -11.6. The molecule has 13 nitrogen and oxygen atoms in total. The first-order valence-electron chi connectivity index (χ1n) is 41.0. The summed E-state index contributed by atoms with van der Waals surface area (Å²) in [4.78, 5) is 53.8. The molecule has 793 valence electrons. The van der Waals surface area contributed by atoms with Crippen molar-refractivity contribution in [1.82, 2.24) is 54.8 Å². The van der Waals surface area contributed by atoms with Crippen LogP contribution in [0, 0.1) is 200 Å². The number of rotatable bonds is 10. The standard InChI is InChI=1S/C12H7F3N.4C12H8F2N.2C11H5F3N.C11H6F2N.C10H7N2.C6H5NO2.9Ir/c1-7-3-2-4-12(16-7)8-5-10(14)11(15)6-9(8)13;2*1-8-4-5-15-12(6-8)10-3-2-9(13)7-11(10)14;1-8-3-2-4-12(15-8)10-7-9(13)5-6-11(10)14;1-8-3-2-4-12(15-8)10-6-5-9(13)7-11(10)14;12-7-1-2-9(10(14)5-7)11-6-8(13)3-4-15-11;12-8-6-10(14)9(13)5-7(8)11-3-1-2-4-15-11;12-8-4-5-9(10(13)7-8)11-3-1-2-6-14-11;1-3-7-11-9(5-1)10-6-2-4-8-12-10;8-6(9)5-3-1-2-4-7-5;;;;;;;;;/h2-4,6H,1H3;2*2,4-7H,1H3;2-6H,1H3;2-5,7H,1H3;1,3-6H;1-4,6H;1-4,6-7H;1-5,7-8H;1-4H,(H,8,9);;;;;;;;;/q9*-1;;;;;;;;;;. The maximum absolute atomic E-state index is 13.4. The average molecular weight is 3650 g/mol. The number of pyridine rings is 11. The first-order valence-corrected chi connectivity index (χ1v) is 41.0. The summed E-state index contributed by atoms with van der Waals surface area (Å²) >= 11 is 0. The Kier molecular flexibility index (Phi) is 63.4. The molecule has 0 saturated heterocycles. The van der Waals surface area contributed by atoms with Crippen LogP contribution in [0.2, 0.25) is 0 Å². The Morgan fingerprint density at radius 3 is 0.853 bits per heavy atom. The summed E-state index contributed by atoms with van der Waals surface area (Å²) in [6.07, 6.45) is 12.3. The van der Waals surface area contributed by atoms with E-state index in [2.05, 4.69) is 97.3 Å². The minimum Gasteiger partial charge on any atom is -0.477 e. The number of carboxylic acids is 1. The maximum Gasteiger partial charge on any atom is 0.354 e. The molecular formula is C109H67F19Ir9N11O2-9.